The van der Waals surface area contributed by atoms with Gasteiger partial charge in [-0.05, 0) is 75.3 Å². The van der Waals surface area contributed by atoms with Crippen molar-refractivity contribution in [2.24, 2.45) is 0 Å². The zero-order chi connectivity index (χ0) is 24.6. The van der Waals surface area contributed by atoms with Crippen molar-refractivity contribution in [2.45, 2.75) is 63.8 Å². The van der Waals surface area contributed by atoms with Crippen LogP contribution < -0.4 is 0 Å². The first-order valence-electron chi connectivity index (χ1n) is 12.0. The Hall–Kier alpha value is -2.35. The molecule has 182 valence electrons. The van der Waals surface area contributed by atoms with E-state index in [0.29, 0.717) is 18.7 Å². The standard InChI is InChI=1S/C27H35N3O3S/c1-27(2,3)34(33)30-17-21-16-22(26(32)29(4)5)28-25(24(21)23(30)13-14-31)20-12-8-11-19(15-20)18-9-6-7-10-18/h8-9,11-12,15-16,23,31H,6-7,10,13-14,17H2,1-5H3/t23-,34-/m0/s1. The predicted octanol–water partition coefficient (Wildman–Crippen LogP) is 4.72. The van der Waals surface area contributed by atoms with Gasteiger partial charge in [0, 0.05) is 38.4 Å². The first kappa shape index (κ1) is 24.8. The largest absolute Gasteiger partial charge is 0.396 e. The number of hydrogen-bond acceptors (Lipinski definition) is 4. The fraction of sp³-hybridized carbons (Fsp3) is 0.481. The van der Waals surface area contributed by atoms with Gasteiger partial charge in [0.15, 0.2) is 0 Å². The molecule has 0 fully saturated rings. The van der Waals surface area contributed by atoms with Gasteiger partial charge >= 0.3 is 0 Å². The van der Waals surface area contributed by atoms with Crippen LogP contribution in [-0.2, 0) is 17.5 Å². The van der Waals surface area contributed by atoms with Crippen molar-refractivity contribution in [3.8, 4) is 11.3 Å². The van der Waals surface area contributed by atoms with Gasteiger partial charge in [0.2, 0.25) is 0 Å². The zero-order valence-corrected chi connectivity index (χ0v) is 21.6. The molecule has 4 rings (SSSR count). The molecule has 7 heteroatoms. The molecule has 6 nitrogen and oxygen atoms in total. The lowest BCUT2D eigenvalue weighted by Crippen LogP contribution is -2.36. The monoisotopic (exact) mass is 481 g/mol. The Balaban J connectivity index is 1.90. The number of aliphatic hydroxyl groups is 1. The third-order valence-electron chi connectivity index (χ3n) is 6.46. The molecule has 1 N–H and O–H groups in total. The highest BCUT2D eigenvalue weighted by Crippen LogP contribution is 2.44. The number of amides is 1. The number of carbonyl (C=O) groups excluding carboxylic acids is 1. The highest BCUT2D eigenvalue weighted by Gasteiger charge is 2.40. The van der Waals surface area contributed by atoms with E-state index in [0.717, 1.165) is 35.2 Å². The van der Waals surface area contributed by atoms with Crippen LogP contribution in [-0.4, -0.2) is 54.9 Å². The Morgan fingerprint density at radius 1 is 1.24 bits per heavy atom. The van der Waals surface area contributed by atoms with Gasteiger partial charge in [0.1, 0.15) is 16.7 Å². The molecule has 0 spiro atoms. The van der Waals surface area contributed by atoms with Crippen molar-refractivity contribution >= 4 is 22.5 Å². The fourth-order valence-corrected chi connectivity index (χ4v) is 6.23. The molecule has 1 aliphatic heterocycles. The molecular weight excluding hydrogens is 446 g/mol. The van der Waals surface area contributed by atoms with Crippen LogP contribution in [0.15, 0.2) is 36.4 Å². The maximum Gasteiger partial charge on any atom is 0.271 e. The average Bonchev–Trinajstić information content (AvgIpc) is 3.46. The SMILES string of the molecule is CN(C)C(=O)c1cc2c(c(-c3cccc(C4=CCCC4)c3)n1)[C@H](CCO)N([S@@](=O)C(C)(C)C)C2. The number of allylic oxidation sites excluding steroid dienone is 2. The quantitative estimate of drug-likeness (QED) is 0.648. The molecule has 0 radical (unpaired) electrons. The molecule has 1 amide bonds. The minimum atomic E-state index is -1.28. The maximum absolute atomic E-state index is 13.5. The van der Waals surface area contributed by atoms with E-state index < -0.39 is 15.7 Å². The number of carbonyl (C=O) groups is 1. The molecule has 0 bridgehead atoms. The summed E-state index contributed by atoms with van der Waals surface area (Å²) in [5.74, 6) is -0.159. The van der Waals surface area contributed by atoms with E-state index in [1.54, 1.807) is 14.1 Å². The maximum atomic E-state index is 13.5. The number of aliphatic hydroxyl groups excluding tert-OH is 1. The second-order valence-corrected chi connectivity index (χ2v) is 12.5. The van der Waals surface area contributed by atoms with Crippen LogP contribution in [0.1, 0.15) is 79.7 Å². The van der Waals surface area contributed by atoms with Gasteiger partial charge in [-0.1, -0.05) is 24.3 Å². The van der Waals surface area contributed by atoms with Crippen LogP contribution in [0, 0.1) is 0 Å². The van der Waals surface area contributed by atoms with Gasteiger partial charge in [-0.15, -0.1) is 0 Å². The molecule has 1 aliphatic carbocycles. The van der Waals surface area contributed by atoms with E-state index in [9.17, 15) is 14.1 Å². The Bertz CT molecular complexity index is 1150. The average molecular weight is 482 g/mol. The second kappa shape index (κ2) is 9.72. The van der Waals surface area contributed by atoms with Crippen LogP contribution in [0.4, 0.5) is 0 Å². The summed E-state index contributed by atoms with van der Waals surface area (Å²) in [4.78, 5) is 19.3. The Kier molecular flexibility index (Phi) is 7.08. The molecular formula is C27H35N3O3S. The number of pyridine rings is 1. The van der Waals surface area contributed by atoms with Gasteiger partial charge in [-0.25, -0.2) is 13.5 Å². The van der Waals surface area contributed by atoms with Gasteiger partial charge in [0.05, 0.1) is 16.5 Å². The molecule has 34 heavy (non-hydrogen) atoms. The van der Waals surface area contributed by atoms with Crippen molar-refractivity contribution in [3.05, 3.63) is 58.8 Å². The first-order valence-corrected chi connectivity index (χ1v) is 13.1. The van der Waals surface area contributed by atoms with Crippen LogP contribution in [0.3, 0.4) is 0 Å². The zero-order valence-electron chi connectivity index (χ0n) is 20.8. The van der Waals surface area contributed by atoms with Crippen molar-refractivity contribution in [3.63, 3.8) is 0 Å². The van der Waals surface area contributed by atoms with Crippen LogP contribution in [0.25, 0.3) is 16.8 Å². The number of rotatable bonds is 6. The summed E-state index contributed by atoms with van der Waals surface area (Å²) >= 11 is 0. The van der Waals surface area contributed by atoms with E-state index >= 15 is 0 Å². The van der Waals surface area contributed by atoms with Gasteiger partial charge in [-0.2, -0.15) is 0 Å². The second-order valence-electron chi connectivity index (χ2n) is 10.3. The summed E-state index contributed by atoms with van der Waals surface area (Å²) in [5, 5.41) is 9.91. The molecule has 2 atom stereocenters. The van der Waals surface area contributed by atoms with Crippen LogP contribution in [0.5, 0.6) is 0 Å². The normalized spacial score (nSPS) is 19.1. The van der Waals surface area contributed by atoms with Crippen molar-refractivity contribution < 1.29 is 14.1 Å². The lowest BCUT2D eigenvalue weighted by Gasteiger charge is -2.30. The number of hydrogen-bond donors (Lipinski definition) is 1. The number of fused-ring (bicyclic) bond motifs is 1. The Morgan fingerprint density at radius 3 is 2.59 bits per heavy atom. The molecule has 2 heterocycles. The summed E-state index contributed by atoms with van der Waals surface area (Å²) in [5.41, 5.74) is 6.53. The number of nitrogens with zero attached hydrogens (tertiary/aromatic N) is 3. The fourth-order valence-electron chi connectivity index (χ4n) is 4.83. The Morgan fingerprint density at radius 2 is 1.97 bits per heavy atom. The molecule has 0 unspecified atom stereocenters. The predicted molar refractivity (Wildman–Crippen MR) is 137 cm³/mol. The lowest BCUT2D eigenvalue weighted by atomic mass is 9.94. The highest BCUT2D eigenvalue weighted by atomic mass is 32.2. The van der Waals surface area contributed by atoms with Gasteiger partial charge < -0.3 is 10.0 Å². The first-order chi connectivity index (χ1) is 16.1. The minimum Gasteiger partial charge on any atom is -0.396 e. The Labute approximate surface area is 205 Å². The van der Waals surface area contributed by atoms with E-state index in [1.165, 1.54) is 22.5 Å². The lowest BCUT2D eigenvalue weighted by molar-refractivity contribution is 0.0822. The van der Waals surface area contributed by atoms with Crippen molar-refractivity contribution in [1.82, 2.24) is 14.2 Å². The summed E-state index contributed by atoms with van der Waals surface area (Å²) in [6.07, 6.45) is 6.10. The van der Waals surface area contributed by atoms with Crippen LogP contribution in [0.2, 0.25) is 0 Å². The molecule has 0 saturated heterocycles. The number of aromatic nitrogens is 1. The summed E-state index contributed by atoms with van der Waals surface area (Å²) in [6.45, 7) is 6.31. The number of benzene rings is 1. The summed E-state index contributed by atoms with van der Waals surface area (Å²) in [7, 11) is 2.17. The van der Waals surface area contributed by atoms with Crippen molar-refractivity contribution in [2.75, 3.05) is 20.7 Å². The van der Waals surface area contributed by atoms with Gasteiger partial charge in [-0.3, -0.25) is 4.79 Å². The molecule has 1 aromatic carbocycles. The summed E-state index contributed by atoms with van der Waals surface area (Å²) < 4.78 is 15.0. The van der Waals surface area contributed by atoms with E-state index in [4.69, 9.17) is 4.98 Å². The van der Waals surface area contributed by atoms with E-state index in [1.807, 2.05) is 43.3 Å². The van der Waals surface area contributed by atoms with Gasteiger partial charge in [0.25, 0.3) is 5.91 Å². The summed E-state index contributed by atoms with van der Waals surface area (Å²) in [6, 6.07) is 9.96. The third-order valence-corrected chi connectivity index (χ3v) is 8.32. The smallest absolute Gasteiger partial charge is 0.271 e. The van der Waals surface area contributed by atoms with Crippen LogP contribution >= 0.6 is 0 Å². The third kappa shape index (κ3) is 4.74. The molecule has 2 aromatic rings. The topological polar surface area (TPSA) is 73.7 Å². The van der Waals surface area contributed by atoms with Crippen molar-refractivity contribution in [1.29, 1.82) is 0 Å². The molecule has 1 aromatic heterocycles. The van der Waals surface area contributed by atoms with E-state index in [-0.39, 0.29) is 18.6 Å². The molecule has 0 saturated carbocycles. The van der Waals surface area contributed by atoms with E-state index in [2.05, 4.69) is 18.2 Å². The minimum absolute atomic E-state index is 0.0211. The highest BCUT2D eigenvalue weighted by molar-refractivity contribution is 7.84. The molecule has 2 aliphatic rings.